The number of rotatable bonds is 6. The third-order valence-corrected chi connectivity index (χ3v) is 5.10. The van der Waals surface area contributed by atoms with Gasteiger partial charge in [0.05, 0.1) is 19.6 Å². The van der Waals surface area contributed by atoms with E-state index < -0.39 is 0 Å². The van der Waals surface area contributed by atoms with Gasteiger partial charge in [-0.3, -0.25) is 8.63 Å². The average Bonchev–Trinajstić information content (AvgIpc) is 2.45. The number of hydrogen-bond donors (Lipinski definition) is 1. The number of nitrogens with zero attached hydrogens (tertiary/aromatic N) is 1. The first kappa shape index (κ1) is 16.3. The molecule has 0 saturated carbocycles. The molecule has 0 amide bonds. The second-order valence-corrected chi connectivity index (χ2v) is 6.24. The van der Waals surface area contributed by atoms with E-state index in [1.165, 1.54) is 0 Å². The lowest BCUT2D eigenvalue weighted by molar-refractivity contribution is -0.788. The Morgan fingerprint density at radius 2 is 1.79 bits per heavy atom. The second kappa shape index (κ2) is 7.72. The summed E-state index contributed by atoms with van der Waals surface area (Å²) in [6.45, 7) is 9.78. The molecule has 0 aliphatic carbocycles. The van der Waals surface area contributed by atoms with E-state index in [0.29, 0.717) is 0 Å². The second-order valence-electron chi connectivity index (χ2n) is 4.21. The molecule has 0 aliphatic rings. The largest absolute Gasteiger partial charge is 0.366 e. The van der Waals surface area contributed by atoms with Crippen LogP contribution in [0.4, 0.5) is 5.69 Å². The fraction of sp³-hybridized carbons (Fsp3) is 0.500. The number of thiocarbonyl (C=S) groups is 1. The molecular weight excluding hydrogens is 276 g/mol. The molecule has 0 spiro atoms. The molecule has 0 fully saturated rings. The van der Waals surface area contributed by atoms with Crippen LogP contribution in [0.1, 0.15) is 20.8 Å². The van der Waals surface area contributed by atoms with E-state index in [1.807, 2.05) is 24.3 Å². The van der Waals surface area contributed by atoms with Crippen LogP contribution in [0.3, 0.4) is 0 Å². The number of nitrogens with one attached hydrogen (secondary N) is 1. The lowest BCUT2D eigenvalue weighted by atomic mass is 10.3. The van der Waals surface area contributed by atoms with Crippen LogP contribution < -0.4 is 10.1 Å². The van der Waals surface area contributed by atoms with Crippen molar-refractivity contribution < 1.29 is 8.63 Å². The summed E-state index contributed by atoms with van der Waals surface area (Å²) in [6.07, 6.45) is 0. The van der Waals surface area contributed by atoms with E-state index in [1.54, 1.807) is 19.1 Å². The van der Waals surface area contributed by atoms with Crippen LogP contribution in [0.25, 0.3) is 0 Å². The molecule has 0 bridgehead atoms. The normalized spacial score (nSPS) is 11.2. The van der Waals surface area contributed by atoms with Gasteiger partial charge in [0.25, 0.3) is 7.11 Å². The first-order valence-electron chi connectivity index (χ1n) is 6.60. The lowest BCUT2D eigenvalue weighted by Crippen LogP contribution is -2.42. The van der Waals surface area contributed by atoms with Crippen molar-refractivity contribution in [2.45, 2.75) is 20.8 Å². The van der Waals surface area contributed by atoms with E-state index in [9.17, 15) is 0 Å². The Hall–Kier alpha value is -0.780. The van der Waals surface area contributed by atoms with E-state index in [0.717, 1.165) is 39.3 Å². The maximum Gasteiger partial charge on any atom is 0.366 e. The summed E-state index contributed by atoms with van der Waals surface area (Å²) in [5.74, 6) is 0.813. The average molecular weight is 299 g/mol. The molecule has 19 heavy (non-hydrogen) atoms. The fourth-order valence-corrected chi connectivity index (χ4v) is 3.40. The predicted molar refractivity (Wildman–Crippen MR) is 88.7 cm³/mol. The third kappa shape index (κ3) is 4.37. The van der Waals surface area contributed by atoms with Gasteiger partial charge in [-0.25, -0.2) is 0 Å². The molecule has 1 radical (unpaired) electrons. The summed E-state index contributed by atoms with van der Waals surface area (Å²) < 4.78 is 7.04. The quantitative estimate of drug-likeness (QED) is 0.372. The molecule has 1 aromatic carbocycles. The molecular formula is C14H23N2OS2+2. The highest BCUT2D eigenvalue weighted by atomic mass is 32.2. The van der Waals surface area contributed by atoms with Gasteiger partial charge in [-0.2, -0.15) is 0 Å². The molecule has 0 unspecified atom stereocenters. The third-order valence-electron chi connectivity index (χ3n) is 3.35. The summed E-state index contributed by atoms with van der Waals surface area (Å²) >= 11 is 7.18. The summed E-state index contributed by atoms with van der Waals surface area (Å²) in [4.78, 5) is 0. The van der Waals surface area contributed by atoms with Crippen molar-refractivity contribution >= 4 is 34.2 Å². The highest BCUT2D eigenvalue weighted by Gasteiger charge is 2.26. The number of methoxy groups -OCH3 is 1. The Balaban J connectivity index is 2.74. The van der Waals surface area contributed by atoms with Crippen LogP contribution in [0.15, 0.2) is 24.3 Å². The Kier molecular flexibility index (Phi) is 6.62. The maximum atomic E-state index is 5.47. The number of anilines is 1. The van der Waals surface area contributed by atoms with Gasteiger partial charge >= 0.3 is 5.75 Å². The van der Waals surface area contributed by atoms with Gasteiger partial charge in [0.15, 0.2) is 4.32 Å². The standard InChI is InChI=1S/C14H22N2OS2/c1-5-16(6-2,7-3)19-14(18)15-12-10-8-9-11-13(12)17-4/h8-11H,5-7H2,1-4H3/q+1/p+1. The van der Waals surface area contributed by atoms with Crippen LogP contribution in [0, 0.1) is 0 Å². The van der Waals surface area contributed by atoms with Crippen molar-refractivity contribution in [2.24, 2.45) is 0 Å². The molecule has 105 valence electrons. The van der Waals surface area contributed by atoms with E-state index in [4.69, 9.17) is 17.0 Å². The minimum absolute atomic E-state index is 0.787. The first-order chi connectivity index (χ1) is 9.10. The minimum atomic E-state index is 0.787. The van der Waals surface area contributed by atoms with Crippen molar-refractivity contribution in [3.05, 3.63) is 24.3 Å². The van der Waals surface area contributed by atoms with Crippen LogP contribution in [-0.4, -0.2) is 35.0 Å². The van der Waals surface area contributed by atoms with Crippen LogP contribution in [0.5, 0.6) is 5.75 Å². The monoisotopic (exact) mass is 299 g/mol. The van der Waals surface area contributed by atoms with Gasteiger partial charge in [0.2, 0.25) is 0 Å². The van der Waals surface area contributed by atoms with E-state index in [2.05, 4.69) is 26.1 Å². The Morgan fingerprint density at radius 3 is 2.32 bits per heavy atom. The van der Waals surface area contributed by atoms with Gasteiger partial charge in [-0.15, -0.1) is 0 Å². The van der Waals surface area contributed by atoms with Crippen molar-refractivity contribution in [1.29, 1.82) is 0 Å². The van der Waals surface area contributed by atoms with Crippen LogP contribution in [0.2, 0.25) is 0 Å². The molecule has 0 aliphatic heterocycles. The summed E-state index contributed by atoms with van der Waals surface area (Å²) in [5, 5.41) is 3.27. The topological polar surface area (TPSA) is 23.3 Å². The van der Waals surface area contributed by atoms with Crippen LogP contribution >= 0.6 is 24.2 Å². The molecule has 1 N–H and O–H groups in total. The minimum Gasteiger partial charge on any atom is -0.329 e. The Labute approximate surface area is 126 Å². The van der Waals surface area contributed by atoms with Crippen molar-refractivity contribution in [2.75, 3.05) is 32.1 Å². The number of para-hydroxylation sites is 2. The number of ether oxygens (including phenoxy) is 1. The molecule has 0 atom stereocenters. The smallest absolute Gasteiger partial charge is 0.329 e. The van der Waals surface area contributed by atoms with Crippen molar-refractivity contribution in [3.63, 3.8) is 0 Å². The molecule has 0 aromatic heterocycles. The fourth-order valence-electron chi connectivity index (χ4n) is 1.92. The van der Waals surface area contributed by atoms with Gasteiger partial charge in [-0.05, 0) is 39.1 Å². The van der Waals surface area contributed by atoms with Crippen LogP contribution in [-0.2, 0) is 0 Å². The van der Waals surface area contributed by atoms with E-state index >= 15 is 0 Å². The highest BCUT2D eigenvalue weighted by Crippen LogP contribution is 2.28. The molecule has 0 heterocycles. The van der Waals surface area contributed by atoms with Gasteiger partial charge in [0, 0.05) is 6.07 Å². The van der Waals surface area contributed by atoms with Gasteiger partial charge < -0.3 is 5.32 Å². The zero-order chi connectivity index (χ0) is 14.3. The zero-order valence-electron chi connectivity index (χ0n) is 12.1. The lowest BCUT2D eigenvalue weighted by Gasteiger charge is -2.32. The van der Waals surface area contributed by atoms with Gasteiger partial charge in [-0.1, -0.05) is 12.1 Å². The molecule has 3 nitrogen and oxygen atoms in total. The zero-order valence-corrected chi connectivity index (χ0v) is 13.7. The van der Waals surface area contributed by atoms with E-state index in [-0.39, 0.29) is 0 Å². The number of benzene rings is 1. The Bertz CT molecular complexity index is 411. The van der Waals surface area contributed by atoms with Crippen molar-refractivity contribution in [1.82, 2.24) is 0 Å². The predicted octanol–water partition coefficient (Wildman–Crippen LogP) is 3.92. The summed E-state index contributed by atoms with van der Waals surface area (Å²) in [5.41, 5.74) is 0.920. The Morgan fingerprint density at radius 1 is 1.21 bits per heavy atom. The first-order valence-corrected chi connectivity index (χ1v) is 7.78. The van der Waals surface area contributed by atoms with Gasteiger partial charge in [0.1, 0.15) is 17.6 Å². The highest BCUT2D eigenvalue weighted by molar-refractivity contribution is 8.19. The number of quaternary nitrogens is 1. The summed E-state index contributed by atoms with van der Waals surface area (Å²) in [6, 6.07) is 7.83. The molecule has 1 rings (SSSR count). The maximum absolute atomic E-state index is 5.47. The molecule has 0 saturated heterocycles. The summed E-state index contributed by atoms with van der Waals surface area (Å²) in [7, 11) is 1.67. The SMILES string of the molecule is CC[N+](CC)(CC)SC(=S)Nc1ccccc1[O+]C. The number of hydrogen-bond acceptors (Lipinski definition) is 3. The molecule has 5 heteroatoms. The van der Waals surface area contributed by atoms with Crippen molar-refractivity contribution in [3.8, 4) is 5.75 Å². The molecule has 1 aromatic rings.